The van der Waals surface area contributed by atoms with Gasteiger partial charge in [-0.3, -0.25) is 9.59 Å². The molecule has 0 amide bonds. The van der Waals surface area contributed by atoms with E-state index in [1.807, 2.05) is 36.5 Å². The summed E-state index contributed by atoms with van der Waals surface area (Å²) in [6, 6.07) is 18.4. The van der Waals surface area contributed by atoms with Gasteiger partial charge in [-0.25, -0.2) is 0 Å². The largest absolute Gasteiger partial charge is 0.508 e. The number of allylic oxidation sites excluding steroid dienone is 6. The van der Waals surface area contributed by atoms with Crippen LogP contribution in [-0.2, 0) is 27.2 Å². The third-order valence-corrected chi connectivity index (χ3v) is 12.4. The number of H-pyrrole nitrogens is 1. The summed E-state index contributed by atoms with van der Waals surface area (Å²) in [5.41, 5.74) is 5.93. The molecule has 2 aromatic heterocycles. The van der Waals surface area contributed by atoms with Crippen LogP contribution < -0.4 is 15.4 Å². The van der Waals surface area contributed by atoms with Crippen LogP contribution in [0, 0.1) is 11.3 Å². The maximum atomic E-state index is 14.3. The van der Waals surface area contributed by atoms with Crippen LogP contribution in [-0.4, -0.2) is 51.3 Å². The van der Waals surface area contributed by atoms with E-state index in [2.05, 4.69) is 94.3 Å². The number of ether oxygens (including phenoxy) is 2. The number of benzene rings is 3. The number of carbonyl (C=O) groups is 2. The van der Waals surface area contributed by atoms with Crippen LogP contribution in [0.2, 0.25) is 0 Å². The first-order valence-corrected chi connectivity index (χ1v) is 20.5. The molecule has 1 spiro atoms. The van der Waals surface area contributed by atoms with Crippen molar-refractivity contribution in [3.8, 4) is 17.2 Å². The predicted octanol–water partition coefficient (Wildman–Crippen LogP) is 9.15. The van der Waals surface area contributed by atoms with Gasteiger partial charge in [0.15, 0.2) is 11.5 Å². The number of methoxy groups -OCH3 is 1. The van der Waals surface area contributed by atoms with Gasteiger partial charge in [-0.05, 0) is 101 Å². The number of fused-ring (bicyclic) bond motifs is 3. The van der Waals surface area contributed by atoms with Crippen molar-refractivity contribution >= 4 is 28.2 Å². The van der Waals surface area contributed by atoms with E-state index in [0.29, 0.717) is 31.6 Å². The quantitative estimate of drug-likeness (QED) is 0.114. The van der Waals surface area contributed by atoms with E-state index in [0.717, 1.165) is 45.4 Å². The van der Waals surface area contributed by atoms with Crippen molar-refractivity contribution in [2.24, 2.45) is 11.3 Å². The number of aromatic nitrogens is 2. The zero-order valence-corrected chi connectivity index (χ0v) is 33.8. The molecule has 0 fully saturated rings. The van der Waals surface area contributed by atoms with Gasteiger partial charge in [0.25, 0.3) is 0 Å². The fraction of sp³-hybridized carbons (Fsp3) is 0.306. The number of anilines is 1. The molecule has 3 aromatic carbocycles. The summed E-state index contributed by atoms with van der Waals surface area (Å²) in [6.07, 6.45) is 23.6. The molecule has 59 heavy (non-hydrogen) atoms. The summed E-state index contributed by atoms with van der Waals surface area (Å²) in [5, 5.41) is 30.3. The number of dihydropyridines is 1. The van der Waals surface area contributed by atoms with E-state index in [9.17, 15) is 19.8 Å². The van der Waals surface area contributed by atoms with Crippen molar-refractivity contribution in [2.45, 2.75) is 70.4 Å². The first kappa shape index (κ1) is 39.4. The third-order valence-electron chi connectivity index (χ3n) is 12.4. The van der Waals surface area contributed by atoms with Gasteiger partial charge in [0.1, 0.15) is 23.5 Å². The molecule has 2 aliphatic heterocycles. The highest BCUT2D eigenvalue weighted by molar-refractivity contribution is 5.94. The van der Waals surface area contributed by atoms with Gasteiger partial charge >= 0.3 is 5.97 Å². The lowest BCUT2D eigenvalue weighted by Crippen LogP contribution is -2.32. The fourth-order valence-electron chi connectivity index (χ4n) is 9.18. The number of nitrogens with one attached hydrogen (secondary N) is 3. The van der Waals surface area contributed by atoms with Gasteiger partial charge in [-0.15, -0.1) is 0 Å². The lowest BCUT2D eigenvalue weighted by molar-refractivity contribution is -0.148. The molecule has 10 heteroatoms. The van der Waals surface area contributed by atoms with E-state index in [1.165, 1.54) is 25.2 Å². The summed E-state index contributed by atoms with van der Waals surface area (Å²) in [7, 11) is 1.51. The van der Waals surface area contributed by atoms with E-state index < -0.39 is 18.1 Å². The van der Waals surface area contributed by atoms with Crippen LogP contribution in [0.4, 0.5) is 5.69 Å². The van der Waals surface area contributed by atoms with Gasteiger partial charge < -0.3 is 39.9 Å². The van der Waals surface area contributed by atoms with Crippen LogP contribution in [0.15, 0.2) is 133 Å². The van der Waals surface area contributed by atoms with Crippen molar-refractivity contribution in [2.75, 3.05) is 19.0 Å². The van der Waals surface area contributed by atoms with Gasteiger partial charge in [-0.2, -0.15) is 0 Å². The summed E-state index contributed by atoms with van der Waals surface area (Å²) in [5.74, 6) is 1.07. The lowest BCUT2D eigenvalue weighted by atomic mass is 9.66. The molecule has 5 atom stereocenters. The molecule has 4 bridgehead atoms. The SMILES string of the molecule is COc1cc(C2CC(=O)CC(OC(C)=O)CCC3(C=CC=CC3C)Cc3c[nH]cc3CC(c3cccc(O)c3)C3=CCNC(=C3)Nc3cccc4cn2cc34)ccc1O. The average Bonchev–Trinajstić information content (AvgIpc) is 3.86. The van der Waals surface area contributed by atoms with Gasteiger partial charge in [0.05, 0.1) is 13.2 Å². The number of phenols is 2. The minimum atomic E-state index is -0.612. The molecule has 5 N–H and O–H groups in total. The summed E-state index contributed by atoms with van der Waals surface area (Å²) < 4.78 is 13.5. The number of rotatable bonds is 4. The molecular weight excluding hydrogens is 741 g/mol. The summed E-state index contributed by atoms with van der Waals surface area (Å²) in [6.45, 7) is 4.25. The average molecular weight is 793 g/mol. The number of carbonyl (C=O) groups excluding carboxylic acids is 2. The highest BCUT2D eigenvalue weighted by Gasteiger charge is 2.36. The van der Waals surface area contributed by atoms with Crippen LogP contribution in [0.1, 0.15) is 73.7 Å². The molecule has 0 saturated heterocycles. The molecular formula is C49H52N4O6. The smallest absolute Gasteiger partial charge is 0.302 e. The molecule has 1 aliphatic carbocycles. The molecule has 5 aromatic rings. The zero-order valence-electron chi connectivity index (χ0n) is 33.8. The van der Waals surface area contributed by atoms with Gasteiger partial charge in [0, 0.05) is 73.5 Å². The minimum Gasteiger partial charge on any atom is -0.508 e. The number of esters is 1. The van der Waals surface area contributed by atoms with Crippen molar-refractivity contribution in [3.05, 3.63) is 156 Å². The fourth-order valence-corrected chi connectivity index (χ4v) is 9.18. The van der Waals surface area contributed by atoms with Crippen molar-refractivity contribution in [1.29, 1.82) is 0 Å². The Labute approximate surface area is 344 Å². The van der Waals surface area contributed by atoms with E-state index in [-0.39, 0.29) is 47.4 Å². The predicted molar refractivity (Wildman–Crippen MR) is 230 cm³/mol. The lowest BCUT2D eigenvalue weighted by Gasteiger charge is -2.38. The number of nitrogens with zero attached hydrogens (tertiary/aromatic N) is 1. The monoisotopic (exact) mass is 792 g/mol. The molecule has 0 saturated carbocycles. The van der Waals surface area contributed by atoms with E-state index in [1.54, 1.807) is 18.2 Å². The molecule has 304 valence electrons. The van der Waals surface area contributed by atoms with E-state index in [4.69, 9.17) is 9.47 Å². The second kappa shape index (κ2) is 16.8. The van der Waals surface area contributed by atoms with Crippen molar-refractivity contribution in [1.82, 2.24) is 14.9 Å². The topological polar surface area (TPSA) is 138 Å². The second-order valence-electron chi connectivity index (χ2n) is 16.2. The number of Topliss-reactive ketones (excluding diaryl/α,β-unsaturated/α-hetero) is 1. The number of aromatic hydroxyl groups is 2. The molecule has 0 radical (unpaired) electrons. The Bertz CT molecular complexity index is 2490. The zero-order chi connectivity index (χ0) is 41.1. The summed E-state index contributed by atoms with van der Waals surface area (Å²) in [4.78, 5) is 30.3. The Morgan fingerprint density at radius 1 is 0.949 bits per heavy atom. The standard InChI is InChI=1S/C49H52N4O6/c1-31-8-4-5-17-49(31)18-15-41(59-32(2)54)24-40(56)25-45(35-13-14-46(57)47(22-35)58-3)53-29-36-10-7-12-44(43(36)30-53)52-48-23-34(16-19-51-48)42(33-9-6-11-39(55)20-33)21-37-27-50-28-38(37)26-49/h4-14,16-17,20,22-23,27-31,41-42,45,50-52,55,57H,15,18-19,21,24-26H2,1-3H3. The number of ketones is 1. The Kier molecular flexibility index (Phi) is 11.2. The number of aromatic amines is 1. The molecule has 10 nitrogen and oxygen atoms in total. The maximum absolute atomic E-state index is 14.3. The van der Waals surface area contributed by atoms with Crippen molar-refractivity contribution in [3.63, 3.8) is 0 Å². The van der Waals surface area contributed by atoms with E-state index >= 15 is 0 Å². The number of hydrogen-bond acceptors (Lipinski definition) is 8. The van der Waals surface area contributed by atoms with Gasteiger partial charge in [-0.1, -0.05) is 67.6 Å². The molecule has 4 heterocycles. The Balaban J connectivity index is 1.25. The number of phenolic OH excluding ortho intramolecular Hbond substituents is 2. The highest BCUT2D eigenvalue weighted by atomic mass is 16.5. The van der Waals surface area contributed by atoms with Crippen LogP contribution >= 0.6 is 0 Å². The Morgan fingerprint density at radius 2 is 1.80 bits per heavy atom. The Morgan fingerprint density at radius 3 is 2.61 bits per heavy atom. The first-order valence-electron chi connectivity index (χ1n) is 20.5. The van der Waals surface area contributed by atoms with Crippen molar-refractivity contribution < 1.29 is 29.3 Å². The van der Waals surface area contributed by atoms with Crippen LogP contribution in [0.25, 0.3) is 10.8 Å². The third kappa shape index (κ3) is 8.58. The second-order valence-corrected chi connectivity index (χ2v) is 16.2. The van der Waals surface area contributed by atoms with Crippen LogP contribution in [0.5, 0.6) is 17.2 Å². The van der Waals surface area contributed by atoms with Gasteiger partial charge in [0.2, 0.25) is 0 Å². The number of hydrogen-bond donors (Lipinski definition) is 5. The highest BCUT2D eigenvalue weighted by Crippen LogP contribution is 2.44. The summed E-state index contributed by atoms with van der Waals surface area (Å²) >= 11 is 0. The Hall–Kier alpha value is -6.42. The molecule has 5 unspecified atom stereocenters. The minimum absolute atomic E-state index is 0.0128. The molecule has 8 rings (SSSR count). The normalized spacial score (nSPS) is 23.7. The molecule has 3 aliphatic rings. The maximum Gasteiger partial charge on any atom is 0.302 e. The van der Waals surface area contributed by atoms with Crippen LogP contribution in [0.3, 0.4) is 0 Å². The first-order chi connectivity index (χ1) is 28.6.